The van der Waals surface area contributed by atoms with Gasteiger partial charge in [-0.1, -0.05) is 12.2 Å². The van der Waals surface area contributed by atoms with Crippen LogP contribution in [0.3, 0.4) is 0 Å². The minimum absolute atomic E-state index is 0.310. The molecule has 0 amide bonds. The van der Waals surface area contributed by atoms with Crippen molar-refractivity contribution in [3.63, 3.8) is 0 Å². The first-order valence-electron chi connectivity index (χ1n) is 8.78. The number of hydrogen-bond acceptors (Lipinski definition) is 5. The predicted octanol–water partition coefficient (Wildman–Crippen LogP) is 3.03. The maximum absolute atomic E-state index is 14.3. The van der Waals surface area contributed by atoms with Gasteiger partial charge in [-0.15, -0.1) is 0 Å². The van der Waals surface area contributed by atoms with Crippen molar-refractivity contribution in [1.82, 2.24) is 24.9 Å². The number of benzene rings is 1. The molecule has 0 unspecified atom stereocenters. The summed E-state index contributed by atoms with van der Waals surface area (Å²) in [6, 6.07) is 3.23. The zero-order valence-electron chi connectivity index (χ0n) is 14.7. The van der Waals surface area contributed by atoms with E-state index in [0.29, 0.717) is 47.2 Å². The highest BCUT2D eigenvalue weighted by atomic mass is 32.1. The van der Waals surface area contributed by atoms with Gasteiger partial charge in [0.25, 0.3) is 0 Å². The zero-order valence-corrected chi connectivity index (χ0v) is 15.5. The predicted molar refractivity (Wildman–Crippen MR) is 102 cm³/mol. The molecule has 4 rings (SSSR count). The molecule has 1 aromatic carbocycles. The lowest BCUT2D eigenvalue weighted by molar-refractivity contribution is 0.559. The molecule has 3 aromatic rings. The fourth-order valence-electron chi connectivity index (χ4n) is 3.44. The number of nitrogens with one attached hydrogen (secondary N) is 1. The summed E-state index contributed by atoms with van der Waals surface area (Å²) in [6.45, 7) is 3.32. The molecular formula is C18H18F2N6S. The summed E-state index contributed by atoms with van der Waals surface area (Å²) in [7, 11) is 0. The average Bonchev–Trinajstić information content (AvgIpc) is 3.30. The molecule has 140 valence electrons. The smallest absolute Gasteiger partial charge is 0.229 e. The molecule has 6 nitrogen and oxygen atoms in total. The van der Waals surface area contributed by atoms with Crippen LogP contribution in [-0.2, 0) is 0 Å². The SMILES string of the molecule is CCNC(=S)c1cnn2cnc(N3CCC[C@@H]3c3cc(F)ccc3F)nc12. The van der Waals surface area contributed by atoms with Crippen LogP contribution in [-0.4, -0.2) is 37.7 Å². The standard InChI is InChI=1S/C18H18F2N6S/c1-2-21-17(27)13-9-23-26-10-22-18(24-16(13)26)25-7-3-4-15(25)12-8-11(19)5-6-14(12)20/h5-6,8-10,15H,2-4,7H2,1H3,(H,21,27)/t15-/m1/s1. The maximum Gasteiger partial charge on any atom is 0.229 e. The summed E-state index contributed by atoms with van der Waals surface area (Å²) >= 11 is 5.38. The summed E-state index contributed by atoms with van der Waals surface area (Å²) < 4.78 is 29.5. The van der Waals surface area contributed by atoms with Crippen molar-refractivity contribution in [2.24, 2.45) is 0 Å². The van der Waals surface area contributed by atoms with Crippen LogP contribution in [0.4, 0.5) is 14.7 Å². The van der Waals surface area contributed by atoms with E-state index in [9.17, 15) is 8.78 Å². The Kier molecular flexibility index (Phi) is 4.69. The van der Waals surface area contributed by atoms with Gasteiger partial charge in [-0.2, -0.15) is 10.1 Å². The molecule has 3 heterocycles. The van der Waals surface area contributed by atoms with E-state index in [2.05, 4.69) is 20.4 Å². The number of anilines is 1. The van der Waals surface area contributed by atoms with Gasteiger partial charge in [-0.3, -0.25) is 0 Å². The highest BCUT2D eigenvalue weighted by Gasteiger charge is 2.31. The average molecular weight is 388 g/mol. The van der Waals surface area contributed by atoms with Gasteiger partial charge in [0.05, 0.1) is 17.8 Å². The molecule has 0 bridgehead atoms. The van der Waals surface area contributed by atoms with Crippen molar-refractivity contribution in [1.29, 1.82) is 0 Å². The topological polar surface area (TPSA) is 58.4 Å². The molecule has 1 aliphatic heterocycles. The molecule has 1 saturated heterocycles. The highest BCUT2D eigenvalue weighted by molar-refractivity contribution is 7.80. The second-order valence-corrected chi connectivity index (χ2v) is 6.77. The van der Waals surface area contributed by atoms with E-state index in [-0.39, 0.29) is 6.04 Å². The minimum Gasteiger partial charge on any atom is -0.376 e. The van der Waals surface area contributed by atoms with Crippen molar-refractivity contribution in [2.45, 2.75) is 25.8 Å². The Bertz CT molecular complexity index is 1000. The number of aromatic nitrogens is 4. The van der Waals surface area contributed by atoms with Crippen LogP contribution in [0.2, 0.25) is 0 Å². The van der Waals surface area contributed by atoms with Crippen molar-refractivity contribution in [3.8, 4) is 0 Å². The van der Waals surface area contributed by atoms with Gasteiger partial charge in [0, 0.05) is 18.7 Å². The molecule has 1 N–H and O–H groups in total. The molecular weight excluding hydrogens is 370 g/mol. The van der Waals surface area contributed by atoms with E-state index in [4.69, 9.17) is 12.2 Å². The Morgan fingerprint density at radius 2 is 2.22 bits per heavy atom. The van der Waals surface area contributed by atoms with Crippen LogP contribution in [0.25, 0.3) is 5.65 Å². The maximum atomic E-state index is 14.3. The van der Waals surface area contributed by atoms with E-state index < -0.39 is 11.6 Å². The van der Waals surface area contributed by atoms with Crippen molar-refractivity contribution in [2.75, 3.05) is 18.0 Å². The van der Waals surface area contributed by atoms with Crippen LogP contribution in [0.1, 0.15) is 36.9 Å². The first kappa shape index (κ1) is 17.7. The molecule has 0 aliphatic carbocycles. The molecule has 0 radical (unpaired) electrons. The fourth-order valence-corrected chi connectivity index (χ4v) is 3.72. The van der Waals surface area contributed by atoms with E-state index in [0.717, 1.165) is 18.6 Å². The number of thiocarbonyl (C=S) groups is 1. The lowest BCUT2D eigenvalue weighted by Gasteiger charge is -2.25. The summed E-state index contributed by atoms with van der Waals surface area (Å²) in [4.78, 5) is 11.5. The van der Waals surface area contributed by atoms with E-state index in [1.165, 1.54) is 6.07 Å². The van der Waals surface area contributed by atoms with Crippen LogP contribution in [0.15, 0.2) is 30.7 Å². The summed E-state index contributed by atoms with van der Waals surface area (Å²) in [5.41, 5.74) is 1.62. The first-order valence-corrected chi connectivity index (χ1v) is 9.19. The van der Waals surface area contributed by atoms with Gasteiger partial charge in [0.2, 0.25) is 5.95 Å². The van der Waals surface area contributed by atoms with Crippen molar-refractivity contribution >= 4 is 28.8 Å². The second kappa shape index (κ2) is 7.15. The van der Waals surface area contributed by atoms with Gasteiger partial charge in [-0.05, 0) is 38.0 Å². The monoisotopic (exact) mass is 388 g/mol. The Balaban J connectivity index is 1.73. The molecule has 27 heavy (non-hydrogen) atoms. The van der Waals surface area contributed by atoms with Gasteiger partial charge in [0.15, 0.2) is 5.65 Å². The van der Waals surface area contributed by atoms with E-state index >= 15 is 0 Å². The van der Waals surface area contributed by atoms with Crippen LogP contribution >= 0.6 is 12.2 Å². The first-order chi connectivity index (χ1) is 13.1. The molecule has 1 fully saturated rings. The third kappa shape index (κ3) is 3.23. The molecule has 0 saturated carbocycles. The van der Waals surface area contributed by atoms with Crippen LogP contribution < -0.4 is 10.2 Å². The third-order valence-corrected chi connectivity index (χ3v) is 5.03. The van der Waals surface area contributed by atoms with Crippen molar-refractivity contribution < 1.29 is 8.78 Å². The van der Waals surface area contributed by atoms with Crippen molar-refractivity contribution in [3.05, 3.63) is 53.5 Å². The third-order valence-electron chi connectivity index (χ3n) is 4.67. The zero-order chi connectivity index (χ0) is 19.0. The number of nitrogens with zero attached hydrogens (tertiary/aromatic N) is 5. The Hall–Kier alpha value is -2.68. The highest BCUT2D eigenvalue weighted by Crippen LogP contribution is 2.36. The number of hydrogen-bond donors (Lipinski definition) is 1. The van der Waals surface area contributed by atoms with Crippen LogP contribution in [0, 0.1) is 11.6 Å². The Labute approximate surface area is 160 Å². The lowest BCUT2D eigenvalue weighted by Crippen LogP contribution is -2.26. The number of rotatable bonds is 4. The second-order valence-electron chi connectivity index (χ2n) is 6.36. The minimum atomic E-state index is -0.455. The summed E-state index contributed by atoms with van der Waals surface area (Å²) in [5, 5.41) is 7.32. The molecule has 2 aromatic heterocycles. The number of fused-ring (bicyclic) bond motifs is 1. The number of halogens is 2. The van der Waals surface area contributed by atoms with Gasteiger partial charge >= 0.3 is 0 Å². The molecule has 1 aliphatic rings. The quantitative estimate of drug-likeness (QED) is 0.694. The Morgan fingerprint density at radius 1 is 1.37 bits per heavy atom. The lowest BCUT2D eigenvalue weighted by atomic mass is 10.0. The van der Waals surface area contributed by atoms with Crippen LogP contribution in [0.5, 0.6) is 0 Å². The molecule has 9 heteroatoms. The normalized spacial score (nSPS) is 16.9. The van der Waals surface area contributed by atoms with Gasteiger partial charge < -0.3 is 10.2 Å². The van der Waals surface area contributed by atoms with Gasteiger partial charge in [-0.25, -0.2) is 18.3 Å². The van der Waals surface area contributed by atoms with E-state index in [1.54, 1.807) is 17.0 Å². The summed E-state index contributed by atoms with van der Waals surface area (Å²) in [6.07, 6.45) is 4.76. The molecule has 1 atom stereocenters. The largest absolute Gasteiger partial charge is 0.376 e. The van der Waals surface area contributed by atoms with E-state index in [1.807, 2.05) is 11.8 Å². The fraction of sp³-hybridized carbons (Fsp3) is 0.333. The molecule has 0 spiro atoms. The van der Waals surface area contributed by atoms with Gasteiger partial charge in [0.1, 0.15) is 23.0 Å². The Morgan fingerprint density at radius 3 is 3.04 bits per heavy atom. The summed E-state index contributed by atoms with van der Waals surface area (Å²) in [5.74, 6) is -0.425.